The lowest BCUT2D eigenvalue weighted by Crippen LogP contribution is -2.30. The predicted molar refractivity (Wildman–Crippen MR) is 372 cm³/mol. The third-order valence-corrected chi connectivity index (χ3v) is 19.1. The van der Waals surface area contributed by atoms with E-state index in [4.69, 9.17) is 37.0 Å². The van der Waals surface area contributed by atoms with Gasteiger partial charge in [0.2, 0.25) is 0 Å². The molecule has 0 radical (unpaired) electrons. The number of carbonyl (C=O) groups is 4. The van der Waals surface area contributed by atoms with E-state index in [1.54, 1.807) is 0 Å². The Hall–Kier alpha value is -1.94. The first-order chi connectivity index (χ1) is 44.3. The van der Waals surface area contributed by atoms with E-state index in [1.165, 1.54) is 173 Å². The van der Waals surface area contributed by atoms with Gasteiger partial charge in [-0.25, -0.2) is 9.13 Å². The van der Waals surface area contributed by atoms with E-state index >= 15 is 0 Å². The summed E-state index contributed by atoms with van der Waals surface area (Å²) in [7, 11) is -9.90. The van der Waals surface area contributed by atoms with Gasteiger partial charge in [0.1, 0.15) is 19.3 Å². The fourth-order valence-electron chi connectivity index (χ4n) is 11.0. The molecular weight excluding hydrogens is 1210 g/mol. The summed E-state index contributed by atoms with van der Waals surface area (Å²) in [5.41, 5.74) is 0. The lowest BCUT2D eigenvalue weighted by molar-refractivity contribution is -0.161. The second-order valence-corrected chi connectivity index (χ2v) is 30.4. The molecule has 0 heterocycles. The minimum atomic E-state index is -4.95. The van der Waals surface area contributed by atoms with Gasteiger partial charge in [0.05, 0.1) is 26.4 Å². The fraction of sp³-hybridized carbons (Fsp3) is 0.945. The van der Waals surface area contributed by atoms with Crippen molar-refractivity contribution in [3.05, 3.63) is 0 Å². The lowest BCUT2D eigenvalue weighted by atomic mass is 9.99. The van der Waals surface area contributed by atoms with Crippen LogP contribution in [0, 0.1) is 17.8 Å². The minimum Gasteiger partial charge on any atom is -0.462 e. The van der Waals surface area contributed by atoms with Crippen LogP contribution in [0.25, 0.3) is 0 Å². The molecule has 0 aromatic rings. The monoisotopic (exact) mass is 1350 g/mol. The van der Waals surface area contributed by atoms with Crippen LogP contribution in [0.2, 0.25) is 0 Å². The van der Waals surface area contributed by atoms with Gasteiger partial charge in [-0.2, -0.15) is 0 Å². The molecule has 0 aromatic heterocycles. The first kappa shape index (κ1) is 90.1. The van der Waals surface area contributed by atoms with E-state index in [9.17, 15) is 43.2 Å². The Morgan fingerprint density at radius 3 is 0.826 bits per heavy atom. The maximum Gasteiger partial charge on any atom is 0.472 e. The van der Waals surface area contributed by atoms with Crippen molar-refractivity contribution in [2.24, 2.45) is 17.8 Å². The molecule has 3 N–H and O–H groups in total. The highest BCUT2D eigenvalue weighted by Crippen LogP contribution is 2.45. The summed E-state index contributed by atoms with van der Waals surface area (Å²) >= 11 is 0. The van der Waals surface area contributed by atoms with Crippen molar-refractivity contribution in [1.29, 1.82) is 0 Å². The molecule has 0 aromatic carbocycles. The topological polar surface area (TPSA) is 237 Å². The first-order valence-corrected chi connectivity index (χ1v) is 40.9. The number of unbranched alkanes of at least 4 members (excludes halogenated alkanes) is 38. The van der Waals surface area contributed by atoms with Crippen molar-refractivity contribution in [1.82, 2.24) is 0 Å². The maximum atomic E-state index is 13.1. The molecule has 19 heteroatoms. The zero-order valence-corrected chi connectivity index (χ0v) is 61.8. The van der Waals surface area contributed by atoms with E-state index in [1.807, 2.05) is 0 Å². The Bertz CT molecular complexity index is 1800. The molecule has 0 rings (SSSR count). The van der Waals surface area contributed by atoms with Crippen LogP contribution in [0.5, 0.6) is 0 Å². The van der Waals surface area contributed by atoms with Gasteiger partial charge in [0, 0.05) is 25.7 Å². The number of rotatable bonds is 71. The summed E-state index contributed by atoms with van der Waals surface area (Å²) in [5, 5.41) is 10.6. The van der Waals surface area contributed by atoms with Crippen LogP contribution in [0.4, 0.5) is 0 Å². The molecule has 0 aliphatic heterocycles. The van der Waals surface area contributed by atoms with Gasteiger partial charge in [-0.3, -0.25) is 37.3 Å². The van der Waals surface area contributed by atoms with Gasteiger partial charge in [-0.1, -0.05) is 318 Å². The largest absolute Gasteiger partial charge is 0.472 e. The number of hydrogen-bond acceptors (Lipinski definition) is 15. The third kappa shape index (κ3) is 65.4. The first-order valence-electron chi connectivity index (χ1n) is 37.9. The number of aliphatic hydroxyl groups is 1. The van der Waals surface area contributed by atoms with Gasteiger partial charge >= 0.3 is 39.5 Å². The third-order valence-electron chi connectivity index (χ3n) is 17.2. The molecule has 0 saturated heterocycles. The number of esters is 4. The van der Waals surface area contributed by atoms with E-state index in [-0.39, 0.29) is 25.7 Å². The van der Waals surface area contributed by atoms with Crippen LogP contribution < -0.4 is 0 Å². The summed E-state index contributed by atoms with van der Waals surface area (Å²) in [4.78, 5) is 72.6. The van der Waals surface area contributed by atoms with Crippen molar-refractivity contribution in [2.75, 3.05) is 39.6 Å². The lowest BCUT2D eigenvalue weighted by Gasteiger charge is -2.21. The molecule has 0 aliphatic carbocycles. The average Bonchev–Trinajstić information content (AvgIpc) is 1.43. The van der Waals surface area contributed by atoms with E-state index in [0.717, 1.165) is 114 Å². The SMILES string of the molecule is CCCCCCCCCCC(=O)OC[C@H](COP(=O)(O)OC[C@H](O)COP(=O)(O)OC[C@@H](COC(=O)CCCCCCCCCCCCCCC(C)C)OC(=O)CCCCCCCCCCCCCCC(C)C)OC(=O)CCCCCCCCCCCCC(C)CC. The fourth-order valence-corrected chi connectivity index (χ4v) is 12.6. The quantitative estimate of drug-likeness (QED) is 0.0222. The highest BCUT2D eigenvalue weighted by molar-refractivity contribution is 7.47. The Morgan fingerprint density at radius 1 is 0.315 bits per heavy atom. The molecule has 0 saturated carbocycles. The van der Waals surface area contributed by atoms with E-state index in [0.29, 0.717) is 25.7 Å². The van der Waals surface area contributed by atoms with Crippen LogP contribution >= 0.6 is 15.6 Å². The number of ether oxygens (including phenoxy) is 4. The number of phosphoric acid groups is 2. The Balaban J connectivity index is 5.23. The average molecular weight is 1350 g/mol. The highest BCUT2D eigenvalue weighted by atomic mass is 31.2. The van der Waals surface area contributed by atoms with Gasteiger partial charge < -0.3 is 33.8 Å². The van der Waals surface area contributed by atoms with Crippen molar-refractivity contribution in [3.63, 3.8) is 0 Å². The molecule has 546 valence electrons. The Morgan fingerprint density at radius 2 is 0.554 bits per heavy atom. The molecule has 0 fully saturated rings. The smallest absolute Gasteiger partial charge is 0.462 e. The summed E-state index contributed by atoms with van der Waals surface area (Å²) in [6.07, 6.45) is 48.5. The molecular formula is C73H142O17P2. The van der Waals surface area contributed by atoms with Crippen molar-refractivity contribution in [3.8, 4) is 0 Å². The van der Waals surface area contributed by atoms with Crippen molar-refractivity contribution in [2.45, 2.75) is 388 Å². The van der Waals surface area contributed by atoms with Crippen LogP contribution in [0.1, 0.15) is 370 Å². The summed E-state index contributed by atoms with van der Waals surface area (Å²) < 4.78 is 68.4. The number of hydrogen-bond donors (Lipinski definition) is 3. The van der Waals surface area contributed by atoms with E-state index < -0.39 is 97.5 Å². The van der Waals surface area contributed by atoms with Gasteiger partial charge in [-0.05, 0) is 43.4 Å². The Kier molecular flexibility index (Phi) is 62.4. The second-order valence-electron chi connectivity index (χ2n) is 27.5. The predicted octanol–water partition coefficient (Wildman–Crippen LogP) is 21.0. The van der Waals surface area contributed by atoms with Crippen molar-refractivity contribution < 1.29 is 80.2 Å². The number of aliphatic hydroxyl groups excluding tert-OH is 1. The number of carbonyl (C=O) groups excluding carboxylic acids is 4. The summed E-state index contributed by atoms with van der Waals surface area (Å²) in [6.45, 7) is 11.9. The molecule has 92 heavy (non-hydrogen) atoms. The zero-order chi connectivity index (χ0) is 68.0. The molecule has 3 unspecified atom stereocenters. The normalized spacial score (nSPS) is 14.4. The Labute approximate surface area is 562 Å². The molecule has 0 aliphatic rings. The zero-order valence-electron chi connectivity index (χ0n) is 60.0. The molecule has 0 amide bonds. The van der Waals surface area contributed by atoms with Crippen LogP contribution in [-0.4, -0.2) is 96.7 Å². The van der Waals surface area contributed by atoms with Crippen LogP contribution in [0.3, 0.4) is 0 Å². The summed E-state index contributed by atoms with van der Waals surface area (Å²) in [6, 6.07) is 0. The molecule has 0 spiro atoms. The van der Waals surface area contributed by atoms with Gasteiger partial charge in [0.15, 0.2) is 12.2 Å². The standard InChI is InChI=1S/C73H142O17P2/c1-8-10-11-12-13-33-40-47-54-70(75)83-60-68(89-73(78)57-50-43-36-29-23-22-26-32-39-46-53-66(7)9-2)62-87-91(79,80)85-58-67(74)59-86-92(81,82)88-63-69(90-72(77)56-49-42-35-28-21-17-15-19-25-31-38-45-52-65(5)6)61-84-71(76)55-48-41-34-27-20-16-14-18-24-30-37-44-51-64(3)4/h64-69,74H,8-63H2,1-7H3,(H,79,80)(H,81,82)/t66?,67-,68+,69+/m0/s1. The second kappa shape index (κ2) is 63.8. The van der Waals surface area contributed by atoms with Gasteiger partial charge in [-0.15, -0.1) is 0 Å². The highest BCUT2D eigenvalue weighted by Gasteiger charge is 2.30. The van der Waals surface area contributed by atoms with Gasteiger partial charge in [0.25, 0.3) is 0 Å². The molecule has 17 nitrogen and oxygen atoms in total. The number of phosphoric ester groups is 2. The van der Waals surface area contributed by atoms with Crippen LogP contribution in [-0.2, 0) is 65.4 Å². The molecule has 0 bridgehead atoms. The minimum absolute atomic E-state index is 0.106. The van der Waals surface area contributed by atoms with Crippen LogP contribution in [0.15, 0.2) is 0 Å². The van der Waals surface area contributed by atoms with Crippen molar-refractivity contribution >= 4 is 39.5 Å². The molecule has 6 atom stereocenters. The maximum absolute atomic E-state index is 13.1. The van der Waals surface area contributed by atoms with E-state index in [2.05, 4.69) is 48.5 Å². The summed E-state index contributed by atoms with van der Waals surface area (Å²) in [5.74, 6) is 0.238.